The zero-order chi connectivity index (χ0) is 5.98. The molecule has 0 saturated carbocycles. The van der Waals surface area contributed by atoms with E-state index in [2.05, 4.69) is 26.0 Å². The SMILES string of the molecule is [CH2]c1cccc(C)c1.[Zr]. The van der Waals surface area contributed by atoms with Crippen molar-refractivity contribution in [2.24, 2.45) is 0 Å². The first kappa shape index (κ1) is 9.10. The molecule has 1 rings (SSSR count). The third kappa shape index (κ3) is 2.96. The van der Waals surface area contributed by atoms with Crippen LogP contribution in [0.5, 0.6) is 0 Å². The molecule has 0 bridgehead atoms. The van der Waals surface area contributed by atoms with Crippen LogP contribution in [0.3, 0.4) is 0 Å². The van der Waals surface area contributed by atoms with Crippen molar-refractivity contribution in [2.75, 3.05) is 0 Å². The minimum atomic E-state index is 0. The Balaban J connectivity index is 0.000000640. The van der Waals surface area contributed by atoms with Gasteiger partial charge in [-0.1, -0.05) is 29.8 Å². The molecule has 0 saturated heterocycles. The molecular formula is C8H9Zr. The summed E-state index contributed by atoms with van der Waals surface area (Å²) in [6.07, 6.45) is 0. The van der Waals surface area contributed by atoms with Crippen LogP contribution in [0.25, 0.3) is 0 Å². The number of benzene rings is 1. The minimum Gasteiger partial charge on any atom is -0.0617 e. The molecule has 1 heteroatoms. The zero-order valence-electron chi connectivity index (χ0n) is 5.52. The van der Waals surface area contributed by atoms with E-state index in [-0.39, 0.29) is 26.2 Å². The molecule has 0 N–H and O–H groups in total. The van der Waals surface area contributed by atoms with Gasteiger partial charge in [0, 0.05) is 26.2 Å². The summed E-state index contributed by atoms with van der Waals surface area (Å²) in [5.41, 5.74) is 2.36. The van der Waals surface area contributed by atoms with Crippen LogP contribution in [-0.2, 0) is 26.2 Å². The van der Waals surface area contributed by atoms with E-state index in [1.165, 1.54) is 5.56 Å². The molecule has 9 heavy (non-hydrogen) atoms. The Morgan fingerprint density at radius 2 is 2.00 bits per heavy atom. The smallest absolute Gasteiger partial charge is 0 e. The molecular weight excluding hydrogens is 187 g/mol. The zero-order valence-corrected chi connectivity index (χ0v) is 7.97. The molecule has 0 aliphatic carbocycles. The molecule has 1 aromatic rings. The summed E-state index contributed by atoms with van der Waals surface area (Å²) in [4.78, 5) is 0. The predicted molar refractivity (Wildman–Crippen MR) is 35.6 cm³/mol. The molecule has 45 valence electrons. The van der Waals surface area contributed by atoms with E-state index in [1.54, 1.807) is 0 Å². The van der Waals surface area contributed by atoms with Crippen molar-refractivity contribution >= 4 is 0 Å². The van der Waals surface area contributed by atoms with Crippen molar-refractivity contribution in [3.8, 4) is 0 Å². The maximum Gasteiger partial charge on any atom is 0 e. The van der Waals surface area contributed by atoms with Crippen molar-refractivity contribution in [3.63, 3.8) is 0 Å². The summed E-state index contributed by atoms with van der Waals surface area (Å²) in [5.74, 6) is 0. The summed E-state index contributed by atoms with van der Waals surface area (Å²) in [6, 6.07) is 8.12. The molecule has 0 aliphatic heterocycles. The Hall–Kier alpha value is 0.103. The molecule has 0 spiro atoms. The summed E-state index contributed by atoms with van der Waals surface area (Å²) in [5, 5.41) is 0. The van der Waals surface area contributed by atoms with Crippen LogP contribution in [-0.4, -0.2) is 0 Å². The van der Waals surface area contributed by atoms with E-state index in [0.717, 1.165) is 5.56 Å². The van der Waals surface area contributed by atoms with Gasteiger partial charge in [0.2, 0.25) is 0 Å². The first-order valence-electron chi connectivity index (χ1n) is 2.67. The van der Waals surface area contributed by atoms with Gasteiger partial charge in [0.05, 0.1) is 0 Å². The topological polar surface area (TPSA) is 0 Å². The van der Waals surface area contributed by atoms with Gasteiger partial charge in [-0.25, -0.2) is 0 Å². The Morgan fingerprint density at radius 1 is 1.33 bits per heavy atom. The first-order valence-corrected chi connectivity index (χ1v) is 2.67. The molecule has 0 aliphatic rings. The van der Waals surface area contributed by atoms with E-state index in [1.807, 2.05) is 12.1 Å². The Kier molecular flexibility index (Phi) is 4.05. The summed E-state index contributed by atoms with van der Waals surface area (Å²) in [7, 11) is 0. The van der Waals surface area contributed by atoms with E-state index < -0.39 is 0 Å². The monoisotopic (exact) mass is 195 g/mol. The van der Waals surface area contributed by atoms with Gasteiger partial charge in [0.1, 0.15) is 0 Å². The summed E-state index contributed by atoms with van der Waals surface area (Å²) in [6.45, 7) is 5.85. The molecule has 1 aromatic carbocycles. The number of hydrogen-bond acceptors (Lipinski definition) is 0. The normalized spacial score (nSPS) is 8.22. The van der Waals surface area contributed by atoms with Gasteiger partial charge < -0.3 is 0 Å². The third-order valence-electron chi connectivity index (χ3n) is 1.08. The number of hydrogen-bond donors (Lipinski definition) is 0. The standard InChI is InChI=1S/C8H9.Zr/c1-7-4-3-5-8(2)6-7;/h3-6H,1H2,2H3;. The average Bonchev–Trinajstić information content (AvgIpc) is 1.64. The van der Waals surface area contributed by atoms with Crippen LogP contribution < -0.4 is 0 Å². The van der Waals surface area contributed by atoms with Crippen molar-refractivity contribution in [1.29, 1.82) is 0 Å². The van der Waals surface area contributed by atoms with E-state index >= 15 is 0 Å². The van der Waals surface area contributed by atoms with Gasteiger partial charge in [-0.05, 0) is 19.4 Å². The van der Waals surface area contributed by atoms with Crippen LogP contribution in [0, 0.1) is 13.8 Å². The Bertz CT molecular complexity index is 164. The molecule has 0 atom stereocenters. The maximum atomic E-state index is 3.78. The first-order chi connectivity index (χ1) is 3.79. The van der Waals surface area contributed by atoms with Crippen molar-refractivity contribution in [3.05, 3.63) is 42.3 Å². The van der Waals surface area contributed by atoms with Crippen LogP contribution >= 0.6 is 0 Å². The Morgan fingerprint density at radius 3 is 2.33 bits per heavy atom. The molecule has 0 fully saturated rings. The average molecular weight is 196 g/mol. The minimum absolute atomic E-state index is 0. The van der Waals surface area contributed by atoms with E-state index in [4.69, 9.17) is 0 Å². The second-order valence-electron chi connectivity index (χ2n) is 1.99. The molecule has 1 radical (unpaired) electrons. The van der Waals surface area contributed by atoms with Crippen LogP contribution in [0.2, 0.25) is 0 Å². The molecule has 0 nitrogen and oxygen atoms in total. The second-order valence-corrected chi connectivity index (χ2v) is 1.99. The fourth-order valence-corrected chi connectivity index (χ4v) is 0.712. The van der Waals surface area contributed by atoms with Crippen LogP contribution in [0.1, 0.15) is 11.1 Å². The predicted octanol–water partition coefficient (Wildman–Crippen LogP) is 2.17. The largest absolute Gasteiger partial charge is 0.0617 e. The Labute approximate surface area is 75.4 Å². The molecule has 0 unspecified atom stereocenters. The maximum absolute atomic E-state index is 3.78. The van der Waals surface area contributed by atoms with Crippen molar-refractivity contribution in [2.45, 2.75) is 6.92 Å². The van der Waals surface area contributed by atoms with Crippen LogP contribution in [0.15, 0.2) is 24.3 Å². The number of aryl methyl sites for hydroxylation is 1. The fraction of sp³-hybridized carbons (Fsp3) is 0.125. The van der Waals surface area contributed by atoms with Gasteiger partial charge in [0.25, 0.3) is 0 Å². The van der Waals surface area contributed by atoms with Gasteiger partial charge in [-0.3, -0.25) is 0 Å². The molecule has 0 aromatic heterocycles. The number of rotatable bonds is 0. The third-order valence-corrected chi connectivity index (χ3v) is 1.08. The van der Waals surface area contributed by atoms with Crippen molar-refractivity contribution < 1.29 is 26.2 Å². The fourth-order valence-electron chi connectivity index (χ4n) is 0.712. The van der Waals surface area contributed by atoms with Crippen LogP contribution in [0.4, 0.5) is 0 Å². The second kappa shape index (κ2) is 4.01. The summed E-state index contributed by atoms with van der Waals surface area (Å²) >= 11 is 0. The van der Waals surface area contributed by atoms with Gasteiger partial charge in [-0.2, -0.15) is 0 Å². The van der Waals surface area contributed by atoms with E-state index in [9.17, 15) is 0 Å². The quantitative estimate of drug-likeness (QED) is 0.596. The van der Waals surface area contributed by atoms with Crippen molar-refractivity contribution in [1.82, 2.24) is 0 Å². The van der Waals surface area contributed by atoms with Gasteiger partial charge in [0.15, 0.2) is 0 Å². The molecule has 0 heterocycles. The van der Waals surface area contributed by atoms with E-state index in [0.29, 0.717) is 0 Å². The van der Waals surface area contributed by atoms with Gasteiger partial charge in [-0.15, -0.1) is 0 Å². The summed E-state index contributed by atoms with van der Waals surface area (Å²) < 4.78 is 0. The molecule has 0 amide bonds. The van der Waals surface area contributed by atoms with Gasteiger partial charge >= 0.3 is 0 Å².